The van der Waals surface area contributed by atoms with Crippen LogP contribution in [0, 0.1) is 0 Å². The topological polar surface area (TPSA) is 30.5 Å². The molecule has 1 unspecified atom stereocenters. The van der Waals surface area contributed by atoms with Crippen molar-refractivity contribution in [3.8, 4) is 0 Å². The zero-order valence-corrected chi connectivity index (χ0v) is 10.8. The largest absolute Gasteiger partial charge is 0.374 e. The molecule has 0 spiro atoms. The number of hydrogen-bond acceptors (Lipinski definition) is 3. The molecule has 1 heterocycles. The average Bonchev–Trinajstić information content (AvgIpc) is 2.40. The first-order valence-electron chi connectivity index (χ1n) is 6.11. The third-order valence-corrected chi connectivity index (χ3v) is 3.42. The van der Waals surface area contributed by atoms with Crippen molar-refractivity contribution >= 4 is 0 Å². The highest BCUT2D eigenvalue weighted by Crippen LogP contribution is 2.26. The highest BCUT2D eigenvalue weighted by atomic mass is 16.5. The second-order valence-corrected chi connectivity index (χ2v) is 4.90. The van der Waals surface area contributed by atoms with Gasteiger partial charge in [0.25, 0.3) is 0 Å². The maximum absolute atomic E-state index is 5.72. The van der Waals surface area contributed by atoms with Crippen LogP contribution in [0.3, 0.4) is 0 Å². The Balaban J connectivity index is 2.12. The molecule has 0 aromatic heterocycles. The minimum atomic E-state index is -0.232. The standard InChI is InChI=1S/C14H21NO2/c1-14(2,16-3)12-6-4-11(5-7-12)13-10-15-8-9-17-13/h4-7,13,15H,8-10H2,1-3H3. The van der Waals surface area contributed by atoms with Crippen LogP contribution in [-0.4, -0.2) is 26.8 Å². The number of rotatable bonds is 3. The number of nitrogens with one attached hydrogen (secondary N) is 1. The van der Waals surface area contributed by atoms with Crippen LogP contribution in [-0.2, 0) is 15.1 Å². The van der Waals surface area contributed by atoms with Crippen molar-refractivity contribution in [2.45, 2.75) is 25.6 Å². The molecule has 0 aliphatic carbocycles. The number of ether oxygens (including phenoxy) is 2. The molecule has 1 N–H and O–H groups in total. The summed E-state index contributed by atoms with van der Waals surface area (Å²) in [7, 11) is 1.74. The quantitative estimate of drug-likeness (QED) is 0.871. The van der Waals surface area contributed by atoms with E-state index in [9.17, 15) is 0 Å². The molecule has 0 saturated carbocycles. The lowest BCUT2D eigenvalue weighted by Gasteiger charge is -2.26. The summed E-state index contributed by atoms with van der Waals surface area (Å²) >= 11 is 0. The molecule has 0 amide bonds. The number of benzene rings is 1. The van der Waals surface area contributed by atoms with Crippen molar-refractivity contribution in [2.75, 3.05) is 26.8 Å². The molecule has 1 aliphatic heterocycles. The van der Waals surface area contributed by atoms with Gasteiger partial charge in [-0.15, -0.1) is 0 Å². The van der Waals surface area contributed by atoms with Gasteiger partial charge in [-0.1, -0.05) is 24.3 Å². The van der Waals surface area contributed by atoms with Crippen molar-refractivity contribution in [3.63, 3.8) is 0 Å². The first-order chi connectivity index (χ1) is 8.13. The monoisotopic (exact) mass is 235 g/mol. The number of methoxy groups -OCH3 is 1. The highest BCUT2D eigenvalue weighted by molar-refractivity contribution is 5.28. The van der Waals surface area contributed by atoms with Gasteiger partial charge in [-0.3, -0.25) is 0 Å². The molecule has 3 heteroatoms. The fourth-order valence-corrected chi connectivity index (χ4v) is 2.00. The molecule has 94 valence electrons. The van der Waals surface area contributed by atoms with Gasteiger partial charge < -0.3 is 14.8 Å². The van der Waals surface area contributed by atoms with Gasteiger partial charge in [-0.05, 0) is 25.0 Å². The highest BCUT2D eigenvalue weighted by Gasteiger charge is 2.20. The molecule has 1 fully saturated rings. The molecular formula is C14H21NO2. The summed E-state index contributed by atoms with van der Waals surface area (Å²) in [6.45, 7) is 6.77. The second-order valence-electron chi connectivity index (χ2n) is 4.90. The van der Waals surface area contributed by atoms with E-state index in [1.54, 1.807) is 7.11 Å². The minimum absolute atomic E-state index is 0.184. The Morgan fingerprint density at radius 2 is 2.00 bits per heavy atom. The summed E-state index contributed by atoms with van der Waals surface area (Å²) in [5.41, 5.74) is 2.19. The van der Waals surface area contributed by atoms with Gasteiger partial charge in [0.05, 0.1) is 18.3 Å². The lowest BCUT2D eigenvalue weighted by atomic mass is 9.96. The molecule has 2 rings (SSSR count). The van der Waals surface area contributed by atoms with Gasteiger partial charge in [-0.2, -0.15) is 0 Å². The van der Waals surface area contributed by atoms with Crippen LogP contribution in [0.15, 0.2) is 24.3 Å². The Labute approximate surface area is 103 Å². The molecule has 0 radical (unpaired) electrons. The van der Waals surface area contributed by atoms with Crippen LogP contribution >= 0.6 is 0 Å². The van der Waals surface area contributed by atoms with Crippen LogP contribution < -0.4 is 5.32 Å². The molecule has 1 aromatic carbocycles. The van der Waals surface area contributed by atoms with E-state index in [0.29, 0.717) is 0 Å². The van der Waals surface area contributed by atoms with Crippen molar-refractivity contribution in [1.29, 1.82) is 0 Å². The fourth-order valence-electron chi connectivity index (χ4n) is 2.00. The predicted octanol–water partition coefficient (Wildman–Crippen LogP) is 2.23. The smallest absolute Gasteiger partial charge is 0.0949 e. The zero-order chi connectivity index (χ0) is 12.3. The molecule has 1 saturated heterocycles. The number of morpholine rings is 1. The Hall–Kier alpha value is -0.900. The Bertz CT molecular complexity index is 353. The zero-order valence-electron chi connectivity index (χ0n) is 10.8. The average molecular weight is 235 g/mol. The molecule has 17 heavy (non-hydrogen) atoms. The maximum Gasteiger partial charge on any atom is 0.0949 e. The van der Waals surface area contributed by atoms with Crippen LogP contribution in [0.4, 0.5) is 0 Å². The van der Waals surface area contributed by atoms with Gasteiger partial charge in [0.15, 0.2) is 0 Å². The van der Waals surface area contributed by atoms with Crippen LogP contribution in [0.1, 0.15) is 31.1 Å². The first kappa shape index (κ1) is 12.6. The van der Waals surface area contributed by atoms with E-state index < -0.39 is 0 Å². The fraction of sp³-hybridized carbons (Fsp3) is 0.571. The third-order valence-electron chi connectivity index (χ3n) is 3.42. The van der Waals surface area contributed by atoms with Crippen LogP contribution in [0.5, 0.6) is 0 Å². The molecule has 3 nitrogen and oxygen atoms in total. The predicted molar refractivity (Wildman–Crippen MR) is 68.0 cm³/mol. The summed E-state index contributed by atoms with van der Waals surface area (Å²) < 4.78 is 11.2. The van der Waals surface area contributed by atoms with E-state index in [1.165, 1.54) is 11.1 Å². The Morgan fingerprint density at radius 1 is 1.29 bits per heavy atom. The van der Waals surface area contributed by atoms with E-state index in [2.05, 4.69) is 43.4 Å². The van der Waals surface area contributed by atoms with Crippen molar-refractivity contribution in [2.24, 2.45) is 0 Å². The van der Waals surface area contributed by atoms with Gasteiger partial charge in [0.1, 0.15) is 0 Å². The molecule has 1 atom stereocenters. The van der Waals surface area contributed by atoms with Crippen LogP contribution in [0.2, 0.25) is 0 Å². The second kappa shape index (κ2) is 5.17. The van der Waals surface area contributed by atoms with Crippen molar-refractivity contribution in [3.05, 3.63) is 35.4 Å². The Kier molecular flexibility index (Phi) is 3.82. The number of hydrogen-bond donors (Lipinski definition) is 1. The molecular weight excluding hydrogens is 214 g/mol. The van der Waals surface area contributed by atoms with Gasteiger partial charge in [-0.25, -0.2) is 0 Å². The minimum Gasteiger partial charge on any atom is -0.374 e. The van der Waals surface area contributed by atoms with E-state index in [0.717, 1.165) is 19.7 Å². The molecule has 0 bridgehead atoms. The van der Waals surface area contributed by atoms with Gasteiger partial charge in [0.2, 0.25) is 0 Å². The summed E-state index contributed by atoms with van der Waals surface area (Å²) in [4.78, 5) is 0. The van der Waals surface area contributed by atoms with Crippen molar-refractivity contribution in [1.82, 2.24) is 5.32 Å². The summed E-state index contributed by atoms with van der Waals surface area (Å²) in [5.74, 6) is 0. The van der Waals surface area contributed by atoms with Gasteiger partial charge in [0, 0.05) is 20.2 Å². The summed E-state index contributed by atoms with van der Waals surface area (Å²) in [5, 5.41) is 3.34. The SMILES string of the molecule is COC(C)(C)c1ccc(C2CNCCO2)cc1. The normalized spacial score (nSPS) is 21.5. The Morgan fingerprint density at radius 3 is 2.53 bits per heavy atom. The van der Waals surface area contributed by atoms with E-state index in [1.807, 2.05) is 0 Å². The maximum atomic E-state index is 5.72. The van der Waals surface area contributed by atoms with Gasteiger partial charge >= 0.3 is 0 Å². The van der Waals surface area contributed by atoms with Crippen molar-refractivity contribution < 1.29 is 9.47 Å². The lowest BCUT2D eigenvalue weighted by Crippen LogP contribution is -2.33. The van der Waals surface area contributed by atoms with E-state index in [4.69, 9.17) is 9.47 Å². The molecule has 1 aliphatic rings. The van der Waals surface area contributed by atoms with E-state index in [-0.39, 0.29) is 11.7 Å². The van der Waals surface area contributed by atoms with Crippen LogP contribution in [0.25, 0.3) is 0 Å². The first-order valence-corrected chi connectivity index (χ1v) is 6.11. The lowest BCUT2D eigenvalue weighted by molar-refractivity contribution is 0.0185. The summed E-state index contributed by atoms with van der Waals surface area (Å²) in [6.07, 6.45) is 0.184. The summed E-state index contributed by atoms with van der Waals surface area (Å²) in [6, 6.07) is 8.51. The van der Waals surface area contributed by atoms with E-state index >= 15 is 0 Å². The third kappa shape index (κ3) is 2.86. The molecule has 1 aromatic rings.